The van der Waals surface area contributed by atoms with Crippen molar-refractivity contribution in [2.75, 3.05) is 0 Å². The molecule has 3 atom stereocenters. The molecular formula is C17H23NO4. The lowest BCUT2D eigenvalue weighted by atomic mass is 9.67. The second-order valence-electron chi connectivity index (χ2n) is 6.60. The summed E-state index contributed by atoms with van der Waals surface area (Å²) in [4.78, 5) is 23.1. The SMILES string of the molecule is O=C(O)c1ccc(CNC(=O)C2CCC3CCCCC3C2)o1. The first-order valence-corrected chi connectivity index (χ1v) is 8.23. The van der Waals surface area contributed by atoms with Gasteiger partial charge < -0.3 is 14.8 Å². The number of furan rings is 1. The molecule has 1 amide bonds. The van der Waals surface area contributed by atoms with E-state index in [9.17, 15) is 9.59 Å². The molecule has 3 unspecified atom stereocenters. The lowest BCUT2D eigenvalue weighted by Gasteiger charge is -2.38. The van der Waals surface area contributed by atoms with E-state index in [1.165, 1.54) is 38.2 Å². The van der Waals surface area contributed by atoms with Gasteiger partial charge in [0.25, 0.3) is 0 Å². The number of amides is 1. The van der Waals surface area contributed by atoms with Gasteiger partial charge in [0.05, 0.1) is 6.54 Å². The highest BCUT2D eigenvalue weighted by atomic mass is 16.4. The molecule has 0 bridgehead atoms. The zero-order valence-electron chi connectivity index (χ0n) is 12.7. The smallest absolute Gasteiger partial charge is 0.371 e. The number of rotatable bonds is 4. The molecule has 5 nitrogen and oxygen atoms in total. The molecule has 0 spiro atoms. The fraction of sp³-hybridized carbons (Fsp3) is 0.647. The molecule has 120 valence electrons. The van der Waals surface area contributed by atoms with Crippen LogP contribution >= 0.6 is 0 Å². The van der Waals surface area contributed by atoms with Crippen LogP contribution in [0.5, 0.6) is 0 Å². The largest absolute Gasteiger partial charge is 0.475 e. The van der Waals surface area contributed by atoms with Crippen molar-refractivity contribution in [3.05, 3.63) is 23.7 Å². The predicted octanol–water partition coefficient (Wildman–Crippen LogP) is 3.20. The van der Waals surface area contributed by atoms with Crippen molar-refractivity contribution in [1.29, 1.82) is 0 Å². The molecule has 0 saturated heterocycles. The topological polar surface area (TPSA) is 79.5 Å². The molecule has 2 aliphatic rings. The Balaban J connectivity index is 1.50. The van der Waals surface area contributed by atoms with Gasteiger partial charge in [0, 0.05) is 5.92 Å². The summed E-state index contributed by atoms with van der Waals surface area (Å²) in [5, 5.41) is 11.7. The highest BCUT2D eigenvalue weighted by molar-refractivity contribution is 5.84. The first-order chi connectivity index (χ1) is 10.6. The van der Waals surface area contributed by atoms with Crippen molar-refractivity contribution >= 4 is 11.9 Å². The molecule has 22 heavy (non-hydrogen) atoms. The number of carbonyl (C=O) groups excluding carboxylic acids is 1. The van der Waals surface area contributed by atoms with Crippen LogP contribution in [0.2, 0.25) is 0 Å². The minimum atomic E-state index is -1.09. The summed E-state index contributed by atoms with van der Waals surface area (Å²) >= 11 is 0. The maximum Gasteiger partial charge on any atom is 0.371 e. The number of aromatic carboxylic acids is 1. The molecule has 1 aromatic heterocycles. The van der Waals surface area contributed by atoms with Crippen LogP contribution in [0.25, 0.3) is 0 Å². The summed E-state index contributed by atoms with van der Waals surface area (Å²) in [5.41, 5.74) is 0. The van der Waals surface area contributed by atoms with Crippen molar-refractivity contribution in [1.82, 2.24) is 5.32 Å². The number of nitrogens with one attached hydrogen (secondary N) is 1. The van der Waals surface area contributed by atoms with Crippen LogP contribution in [0.4, 0.5) is 0 Å². The summed E-state index contributed by atoms with van der Waals surface area (Å²) in [6, 6.07) is 3.01. The first kappa shape index (κ1) is 15.1. The predicted molar refractivity (Wildman–Crippen MR) is 80.3 cm³/mol. The van der Waals surface area contributed by atoms with Crippen LogP contribution in [0, 0.1) is 17.8 Å². The molecule has 5 heteroatoms. The molecule has 2 saturated carbocycles. The molecule has 1 aromatic rings. The standard InChI is InChI=1S/C17H23NO4/c19-16(18-10-14-7-8-15(22-14)17(20)21)13-6-5-11-3-1-2-4-12(11)9-13/h7-8,11-13H,1-6,9-10H2,(H,18,19)(H,20,21). The average molecular weight is 305 g/mol. The van der Waals surface area contributed by atoms with Gasteiger partial charge >= 0.3 is 5.97 Å². The van der Waals surface area contributed by atoms with Crippen molar-refractivity contribution in [3.63, 3.8) is 0 Å². The molecule has 3 rings (SSSR count). The number of carbonyl (C=O) groups is 2. The lowest BCUT2D eigenvalue weighted by Crippen LogP contribution is -2.37. The zero-order chi connectivity index (χ0) is 15.5. The van der Waals surface area contributed by atoms with Gasteiger partial charge in [0.2, 0.25) is 11.7 Å². The fourth-order valence-corrected chi connectivity index (χ4v) is 4.02. The van der Waals surface area contributed by atoms with Gasteiger partial charge in [-0.3, -0.25) is 4.79 Å². The van der Waals surface area contributed by atoms with Crippen molar-refractivity contribution < 1.29 is 19.1 Å². The molecule has 2 fully saturated rings. The summed E-state index contributed by atoms with van der Waals surface area (Å²) in [6.45, 7) is 0.261. The second kappa shape index (κ2) is 6.55. The Morgan fingerprint density at radius 2 is 1.91 bits per heavy atom. The minimum Gasteiger partial charge on any atom is -0.475 e. The van der Waals surface area contributed by atoms with Gasteiger partial charge in [-0.1, -0.05) is 25.7 Å². The second-order valence-corrected chi connectivity index (χ2v) is 6.60. The van der Waals surface area contributed by atoms with Gasteiger partial charge in [-0.05, 0) is 43.2 Å². The Labute approximate surface area is 130 Å². The van der Waals surface area contributed by atoms with E-state index >= 15 is 0 Å². The highest BCUT2D eigenvalue weighted by Crippen LogP contribution is 2.42. The van der Waals surface area contributed by atoms with Crippen molar-refractivity contribution in [2.24, 2.45) is 17.8 Å². The van der Waals surface area contributed by atoms with Gasteiger partial charge in [0.15, 0.2) is 0 Å². The molecular weight excluding hydrogens is 282 g/mol. The zero-order valence-corrected chi connectivity index (χ0v) is 12.7. The van der Waals surface area contributed by atoms with Crippen LogP contribution in [0.1, 0.15) is 61.3 Å². The van der Waals surface area contributed by atoms with E-state index in [1.807, 2.05) is 0 Å². The number of fused-ring (bicyclic) bond motifs is 1. The van der Waals surface area contributed by atoms with E-state index < -0.39 is 5.97 Å². The van der Waals surface area contributed by atoms with Gasteiger partial charge in [-0.15, -0.1) is 0 Å². The number of carboxylic acids is 1. The minimum absolute atomic E-state index is 0.0808. The lowest BCUT2D eigenvalue weighted by molar-refractivity contribution is -0.127. The Kier molecular flexibility index (Phi) is 4.50. The molecule has 0 aromatic carbocycles. The summed E-state index contributed by atoms with van der Waals surface area (Å²) < 4.78 is 5.15. The normalized spacial score (nSPS) is 27.9. The number of hydrogen-bond donors (Lipinski definition) is 2. The summed E-state index contributed by atoms with van der Waals surface area (Å²) in [5.74, 6) is 1.05. The maximum absolute atomic E-state index is 12.3. The van der Waals surface area contributed by atoms with E-state index in [2.05, 4.69) is 5.32 Å². The third kappa shape index (κ3) is 3.34. The van der Waals surface area contributed by atoms with E-state index in [0.717, 1.165) is 24.7 Å². The third-order valence-corrected chi connectivity index (χ3v) is 5.22. The molecule has 2 N–H and O–H groups in total. The number of carboxylic acid groups (broad SMARTS) is 1. The summed E-state index contributed by atoms with van der Waals surface area (Å²) in [6.07, 6.45) is 8.42. The van der Waals surface area contributed by atoms with E-state index in [0.29, 0.717) is 5.76 Å². The maximum atomic E-state index is 12.3. The average Bonchev–Trinajstić information content (AvgIpc) is 3.01. The van der Waals surface area contributed by atoms with Gasteiger partial charge in [0.1, 0.15) is 5.76 Å². The van der Waals surface area contributed by atoms with E-state index in [1.54, 1.807) is 6.07 Å². The first-order valence-electron chi connectivity index (χ1n) is 8.23. The van der Waals surface area contributed by atoms with Crippen molar-refractivity contribution in [3.8, 4) is 0 Å². The Morgan fingerprint density at radius 1 is 1.14 bits per heavy atom. The van der Waals surface area contributed by atoms with E-state index in [4.69, 9.17) is 9.52 Å². The fourth-order valence-electron chi connectivity index (χ4n) is 4.02. The monoisotopic (exact) mass is 305 g/mol. The van der Waals surface area contributed by atoms with Crippen LogP contribution in [0.15, 0.2) is 16.5 Å². The third-order valence-electron chi connectivity index (χ3n) is 5.22. The van der Waals surface area contributed by atoms with Gasteiger partial charge in [-0.2, -0.15) is 0 Å². The number of hydrogen-bond acceptors (Lipinski definition) is 3. The quantitative estimate of drug-likeness (QED) is 0.895. The van der Waals surface area contributed by atoms with Crippen LogP contribution in [-0.2, 0) is 11.3 Å². The highest BCUT2D eigenvalue weighted by Gasteiger charge is 2.34. The Hall–Kier alpha value is -1.78. The Morgan fingerprint density at radius 3 is 2.64 bits per heavy atom. The Bertz CT molecular complexity index is 551. The molecule has 1 heterocycles. The van der Waals surface area contributed by atoms with Gasteiger partial charge in [-0.25, -0.2) is 4.79 Å². The van der Waals surface area contributed by atoms with Crippen LogP contribution < -0.4 is 5.32 Å². The van der Waals surface area contributed by atoms with Crippen molar-refractivity contribution in [2.45, 2.75) is 51.5 Å². The molecule has 0 aliphatic heterocycles. The van der Waals surface area contributed by atoms with Crippen LogP contribution in [0.3, 0.4) is 0 Å². The van der Waals surface area contributed by atoms with Crippen LogP contribution in [-0.4, -0.2) is 17.0 Å². The molecule has 2 aliphatic carbocycles. The molecule has 0 radical (unpaired) electrons. The van der Waals surface area contributed by atoms with E-state index in [-0.39, 0.29) is 24.1 Å². The summed E-state index contributed by atoms with van der Waals surface area (Å²) in [7, 11) is 0.